The molecule has 2 saturated heterocycles. The van der Waals surface area contributed by atoms with Gasteiger partial charge in [-0.3, -0.25) is 0 Å². The fourth-order valence-electron chi connectivity index (χ4n) is 3.43. The Bertz CT molecular complexity index is 608. The Morgan fingerprint density at radius 1 is 1.08 bits per heavy atom. The van der Waals surface area contributed by atoms with Crippen LogP contribution in [-0.2, 0) is 14.0 Å². The lowest BCUT2D eigenvalue weighted by molar-refractivity contribution is -0.0729. The van der Waals surface area contributed by atoms with Crippen LogP contribution in [0.1, 0.15) is 59.9 Å². The van der Waals surface area contributed by atoms with Crippen molar-refractivity contribution in [1.29, 1.82) is 0 Å². The second kappa shape index (κ2) is 6.56. The molecule has 25 heavy (non-hydrogen) atoms. The molecular formula is C19H30BNO4. The number of aryl methyl sites for hydroxylation is 1. The summed E-state index contributed by atoms with van der Waals surface area (Å²) in [6.07, 6.45) is 4.19. The van der Waals surface area contributed by atoms with Gasteiger partial charge in [-0.2, -0.15) is 0 Å². The van der Waals surface area contributed by atoms with E-state index in [-0.39, 0.29) is 29.5 Å². The van der Waals surface area contributed by atoms with Crippen molar-refractivity contribution < 1.29 is 18.8 Å². The molecule has 0 spiro atoms. The second-order valence-corrected chi connectivity index (χ2v) is 8.44. The third-order valence-electron chi connectivity index (χ3n) is 5.58. The second-order valence-electron chi connectivity index (χ2n) is 8.44. The van der Waals surface area contributed by atoms with E-state index in [1.54, 1.807) is 0 Å². The molecule has 1 aromatic rings. The van der Waals surface area contributed by atoms with Crippen molar-refractivity contribution in [3.63, 3.8) is 0 Å². The number of hydrogen-bond donors (Lipinski definition) is 0. The van der Waals surface area contributed by atoms with Gasteiger partial charge in [-0.1, -0.05) is 0 Å². The van der Waals surface area contributed by atoms with Crippen LogP contribution in [-0.4, -0.2) is 41.6 Å². The van der Waals surface area contributed by atoms with Gasteiger partial charge in [0.05, 0.1) is 23.4 Å². The maximum absolute atomic E-state index is 6.13. The number of rotatable bonds is 3. The Labute approximate surface area is 151 Å². The molecule has 2 fully saturated rings. The highest BCUT2D eigenvalue weighted by Gasteiger charge is 2.52. The molecule has 0 aromatic carbocycles. The van der Waals surface area contributed by atoms with Crippen LogP contribution in [0.2, 0.25) is 0 Å². The van der Waals surface area contributed by atoms with E-state index in [4.69, 9.17) is 18.8 Å². The Morgan fingerprint density at radius 3 is 2.16 bits per heavy atom. The molecule has 3 rings (SSSR count). The maximum atomic E-state index is 6.13. The van der Waals surface area contributed by atoms with Crippen LogP contribution in [0.5, 0.6) is 5.88 Å². The average Bonchev–Trinajstić information content (AvgIpc) is 2.66. The zero-order chi connectivity index (χ0) is 18.4. The molecule has 138 valence electrons. The smallest absolute Gasteiger partial charge is 0.474 e. The molecule has 6 heteroatoms. The summed E-state index contributed by atoms with van der Waals surface area (Å²) in [4.78, 5) is 4.50. The third kappa shape index (κ3) is 3.86. The largest absolute Gasteiger partial charge is 0.496 e. The van der Waals surface area contributed by atoms with Crippen LogP contribution >= 0.6 is 0 Å². The predicted octanol–water partition coefficient (Wildman–Crippen LogP) is 3.02. The summed E-state index contributed by atoms with van der Waals surface area (Å²) < 4.78 is 24.1. The van der Waals surface area contributed by atoms with Crippen molar-refractivity contribution in [2.24, 2.45) is 0 Å². The van der Waals surface area contributed by atoms with Crippen LogP contribution in [0.25, 0.3) is 0 Å². The van der Waals surface area contributed by atoms with E-state index in [0.717, 1.165) is 23.9 Å². The van der Waals surface area contributed by atoms with Gasteiger partial charge in [-0.05, 0) is 54.0 Å². The molecule has 3 heterocycles. The molecule has 1 unspecified atom stereocenters. The third-order valence-corrected chi connectivity index (χ3v) is 5.58. The zero-order valence-corrected chi connectivity index (χ0v) is 16.5. The molecular weight excluding hydrogens is 317 g/mol. The van der Waals surface area contributed by atoms with Crippen molar-refractivity contribution in [2.45, 2.75) is 90.8 Å². The quantitative estimate of drug-likeness (QED) is 0.787. The highest BCUT2D eigenvalue weighted by Crippen LogP contribution is 2.36. The van der Waals surface area contributed by atoms with Crippen LogP contribution in [0.3, 0.4) is 0 Å². The van der Waals surface area contributed by atoms with Crippen molar-refractivity contribution in [1.82, 2.24) is 4.98 Å². The lowest BCUT2D eigenvalue weighted by Gasteiger charge is -2.32. The van der Waals surface area contributed by atoms with E-state index < -0.39 is 7.12 Å². The van der Waals surface area contributed by atoms with Gasteiger partial charge in [0.15, 0.2) is 0 Å². The maximum Gasteiger partial charge on any atom is 0.496 e. The van der Waals surface area contributed by atoms with E-state index in [0.29, 0.717) is 5.88 Å². The van der Waals surface area contributed by atoms with Crippen LogP contribution in [0, 0.1) is 6.92 Å². The van der Waals surface area contributed by atoms with E-state index in [9.17, 15) is 0 Å². The van der Waals surface area contributed by atoms with E-state index in [1.807, 2.05) is 19.2 Å². The van der Waals surface area contributed by atoms with Gasteiger partial charge in [0, 0.05) is 30.6 Å². The van der Waals surface area contributed by atoms with E-state index in [1.165, 1.54) is 0 Å². The topological polar surface area (TPSA) is 49.8 Å². The lowest BCUT2D eigenvalue weighted by atomic mass is 9.77. The predicted molar refractivity (Wildman–Crippen MR) is 98.3 cm³/mol. The standard InChI is InChI=1S/C19H30BNO4/c1-12-8-17(23-15-9-13(2)22-14(3)10-15)21-11-16(12)20-24-18(4,5)19(6,7)25-20/h8,11,13-15H,9-10H2,1-7H3/t13-,14+,15?. The Balaban J connectivity index is 1.72. The van der Waals surface area contributed by atoms with Crippen molar-refractivity contribution in [2.75, 3.05) is 0 Å². The monoisotopic (exact) mass is 347 g/mol. The molecule has 2 aliphatic heterocycles. The summed E-state index contributed by atoms with van der Waals surface area (Å²) in [5, 5.41) is 0. The number of hydrogen-bond acceptors (Lipinski definition) is 5. The molecule has 0 amide bonds. The Hall–Kier alpha value is -1.11. The molecule has 3 atom stereocenters. The first kappa shape index (κ1) is 18.7. The van der Waals surface area contributed by atoms with E-state index >= 15 is 0 Å². The van der Waals surface area contributed by atoms with Crippen molar-refractivity contribution >= 4 is 12.6 Å². The Kier molecular flexibility index (Phi) is 4.90. The summed E-state index contributed by atoms with van der Waals surface area (Å²) in [6.45, 7) is 14.4. The van der Waals surface area contributed by atoms with Gasteiger partial charge in [0.25, 0.3) is 0 Å². The van der Waals surface area contributed by atoms with Gasteiger partial charge >= 0.3 is 7.12 Å². The summed E-state index contributed by atoms with van der Waals surface area (Å²) in [7, 11) is -0.394. The van der Waals surface area contributed by atoms with Gasteiger partial charge in [0.2, 0.25) is 5.88 Å². The number of nitrogens with zero attached hydrogens (tertiary/aromatic N) is 1. The minimum atomic E-state index is -0.394. The number of aromatic nitrogens is 1. The molecule has 0 N–H and O–H groups in total. The fourth-order valence-corrected chi connectivity index (χ4v) is 3.43. The minimum Gasteiger partial charge on any atom is -0.474 e. The highest BCUT2D eigenvalue weighted by atomic mass is 16.7. The average molecular weight is 347 g/mol. The molecule has 5 nitrogen and oxygen atoms in total. The SMILES string of the molecule is Cc1cc(OC2C[C@@H](C)O[C@@H](C)C2)ncc1B1OC(C)(C)C(C)(C)O1. The number of pyridine rings is 1. The normalized spacial score (nSPS) is 31.2. The highest BCUT2D eigenvalue weighted by molar-refractivity contribution is 6.62. The zero-order valence-electron chi connectivity index (χ0n) is 16.5. The molecule has 0 radical (unpaired) electrons. The lowest BCUT2D eigenvalue weighted by Crippen LogP contribution is -2.41. The van der Waals surface area contributed by atoms with Gasteiger partial charge < -0.3 is 18.8 Å². The van der Waals surface area contributed by atoms with Crippen molar-refractivity contribution in [3.05, 3.63) is 17.8 Å². The summed E-state index contributed by atoms with van der Waals surface area (Å²) in [6, 6.07) is 1.98. The Morgan fingerprint density at radius 2 is 1.64 bits per heavy atom. The summed E-state index contributed by atoms with van der Waals surface area (Å²) >= 11 is 0. The molecule has 0 saturated carbocycles. The summed E-state index contributed by atoms with van der Waals surface area (Å²) in [5.41, 5.74) is 1.32. The summed E-state index contributed by atoms with van der Waals surface area (Å²) in [5.74, 6) is 0.657. The molecule has 0 bridgehead atoms. The van der Waals surface area contributed by atoms with Crippen LogP contribution in [0.4, 0.5) is 0 Å². The number of ether oxygens (including phenoxy) is 2. The first-order valence-electron chi connectivity index (χ1n) is 9.22. The van der Waals surface area contributed by atoms with Gasteiger partial charge in [-0.15, -0.1) is 0 Å². The van der Waals surface area contributed by atoms with Crippen LogP contribution in [0.15, 0.2) is 12.3 Å². The van der Waals surface area contributed by atoms with Gasteiger partial charge in [-0.25, -0.2) is 4.98 Å². The van der Waals surface area contributed by atoms with E-state index in [2.05, 4.69) is 46.5 Å². The molecule has 0 aliphatic carbocycles. The van der Waals surface area contributed by atoms with Crippen molar-refractivity contribution in [3.8, 4) is 5.88 Å². The molecule has 2 aliphatic rings. The van der Waals surface area contributed by atoms with Crippen LogP contribution < -0.4 is 10.2 Å². The van der Waals surface area contributed by atoms with Gasteiger partial charge in [0.1, 0.15) is 6.10 Å². The molecule has 1 aromatic heterocycles. The first-order chi connectivity index (χ1) is 11.6. The first-order valence-corrected chi connectivity index (χ1v) is 9.22. The minimum absolute atomic E-state index is 0.147. The fraction of sp³-hybridized carbons (Fsp3) is 0.737.